The Bertz CT molecular complexity index is 1680. The van der Waals surface area contributed by atoms with Crippen LogP contribution in [-0.4, -0.2) is 65.5 Å². The van der Waals surface area contributed by atoms with Crippen molar-refractivity contribution in [2.45, 2.75) is 13.0 Å². The van der Waals surface area contributed by atoms with Crippen LogP contribution in [-0.2, 0) is 4.74 Å². The van der Waals surface area contributed by atoms with Crippen molar-refractivity contribution in [2.75, 3.05) is 30.4 Å². The number of rotatable bonds is 4. The van der Waals surface area contributed by atoms with Gasteiger partial charge in [-0.3, -0.25) is 10.2 Å². The first kappa shape index (κ1) is 20.7. The second-order valence-corrected chi connectivity index (χ2v) is 8.98. The number of H-pyrrole nitrogens is 2. The number of hydrogen-bond acceptors (Lipinski definition) is 7. The normalized spacial score (nSPS) is 16.4. The largest absolute Gasteiger partial charge is 0.382 e. The fourth-order valence-electron chi connectivity index (χ4n) is 5.01. The molecule has 1 unspecified atom stereocenters. The van der Waals surface area contributed by atoms with E-state index in [9.17, 15) is 0 Å². The molecule has 0 amide bonds. The molecule has 4 N–H and O–H groups in total. The molecule has 36 heavy (non-hydrogen) atoms. The van der Waals surface area contributed by atoms with Crippen LogP contribution in [0.4, 0.5) is 11.6 Å². The number of pyridine rings is 1. The van der Waals surface area contributed by atoms with Crippen LogP contribution in [0.5, 0.6) is 0 Å². The molecular formula is C25H24N10O. The lowest BCUT2D eigenvalue weighted by Crippen LogP contribution is -2.44. The van der Waals surface area contributed by atoms with E-state index in [1.807, 2.05) is 18.3 Å². The number of aromatic nitrogens is 8. The first-order valence-electron chi connectivity index (χ1n) is 11.8. The number of aromatic amines is 2. The zero-order valence-corrected chi connectivity index (χ0v) is 19.6. The third-order valence-electron chi connectivity index (χ3n) is 6.77. The van der Waals surface area contributed by atoms with Gasteiger partial charge in [0.25, 0.3) is 0 Å². The molecule has 7 rings (SSSR count). The highest BCUT2D eigenvalue weighted by Gasteiger charge is 2.25. The van der Waals surface area contributed by atoms with Gasteiger partial charge in [-0.05, 0) is 36.8 Å². The third-order valence-corrected chi connectivity index (χ3v) is 6.77. The lowest BCUT2D eigenvalue weighted by atomic mass is 10.0. The quantitative estimate of drug-likeness (QED) is 0.353. The third kappa shape index (κ3) is 3.17. The van der Waals surface area contributed by atoms with E-state index in [1.165, 1.54) is 0 Å². The van der Waals surface area contributed by atoms with E-state index in [4.69, 9.17) is 15.5 Å². The van der Waals surface area contributed by atoms with Crippen molar-refractivity contribution in [1.29, 1.82) is 0 Å². The van der Waals surface area contributed by atoms with Crippen LogP contribution >= 0.6 is 0 Å². The van der Waals surface area contributed by atoms with Crippen LogP contribution < -0.4 is 10.6 Å². The minimum absolute atomic E-state index is 0.198. The standard InChI is InChI=1S/C25H24N10O/c1-15-14-36-11-10-33(15)22-13-18(23-24(26)32-35(25(23)29-22)21-5-8-28-31-21)16-2-3-19-17(12-16)6-9-34(19)20-4-7-27-30-20/h2-9,12-13,15H,10-11,14H2,1H3,(H2,26,32)(H,27,30)(H,28,31). The molecule has 0 bridgehead atoms. The molecule has 11 nitrogen and oxygen atoms in total. The molecule has 0 radical (unpaired) electrons. The number of morpholine rings is 1. The summed E-state index contributed by atoms with van der Waals surface area (Å²) in [4.78, 5) is 7.32. The zero-order chi connectivity index (χ0) is 24.2. The van der Waals surface area contributed by atoms with E-state index in [-0.39, 0.29) is 6.04 Å². The Morgan fingerprint density at radius 2 is 1.86 bits per heavy atom. The van der Waals surface area contributed by atoms with Crippen LogP contribution in [0, 0.1) is 0 Å². The molecule has 180 valence electrons. The Hall–Kier alpha value is -4.64. The minimum Gasteiger partial charge on any atom is -0.382 e. The topological polar surface area (TPSA) is 131 Å². The van der Waals surface area contributed by atoms with Crippen LogP contribution in [0.25, 0.3) is 44.7 Å². The average molecular weight is 481 g/mol. The molecule has 5 aromatic heterocycles. The fraction of sp³-hybridized carbons (Fsp3) is 0.200. The van der Waals surface area contributed by atoms with Gasteiger partial charge >= 0.3 is 0 Å². The van der Waals surface area contributed by atoms with Crippen LogP contribution in [0.15, 0.2) is 61.1 Å². The Morgan fingerprint density at radius 3 is 2.64 bits per heavy atom. The number of benzene rings is 1. The Morgan fingerprint density at radius 1 is 1.03 bits per heavy atom. The van der Waals surface area contributed by atoms with Gasteiger partial charge in [0, 0.05) is 35.8 Å². The molecule has 1 saturated heterocycles. The predicted octanol–water partition coefficient (Wildman–Crippen LogP) is 3.28. The summed E-state index contributed by atoms with van der Waals surface area (Å²) in [5.74, 6) is 2.90. The van der Waals surface area contributed by atoms with Crippen LogP contribution in [0.3, 0.4) is 0 Å². The second kappa shape index (κ2) is 7.95. The number of nitrogen functional groups attached to an aromatic ring is 1. The van der Waals surface area contributed by atoms with Crippen LogP contribution in [0.1, 0.15) is 6.92 Å². The van der Waals surface area contributed by atoms with E-state index in [1.54, 1.807) is 17.1 Å². The van der Waals surface area contributed by atoms with Gasteiger partial charge in [-0.15, -0.1) is 5.10 Å². The maximum absolute atomic E-state index is 6.50. The van der Waals surface area contributed by atoms with Gasteiger partial charge in [0.1, 0.15) is 11.6 Å². The predicted molar refractivity (Wildman–Crippen MR) is 137 cm³/mol. The molecule has 6 aromatic rings. The van der Waals surface area contributed by atoms with Crippen molar-refractivity contribution in [3.63, 3.8) is 0 Å². The molecule has 0 spiro atoms. The lowest BCUT2D eigenvalue weighted by Gasteiger charge is -2.34. The molecule has 6 heterocycles. The summed E-state index contributed by atoms with van der Waals surface area (Å²) >= 11 is 0. The minimum atomic E-state index is 0.198. The van der Waals surface area contributed by atoms with E-state index < -0.39 is 0 Å². The molecule has 1 aliphatic heterocycles. The van der Waals surface area contributed by atoms with E-state index >= 15 is 0 Å². The Kier molecular flexibility index (Phi) is 4.58. The lowest BCUT2D eigenvalue weighted by molar-refractivity contribution is 0.0986. The summed E-state index contributed by atoms with van der Waals surface area (Å²) in [7, 11) is 0. The molecule has 0 saturated carbocycles. The maximum atomic E-state index is 6.50. The van der Waals surface area contributed by atoms with Crippen LogP contribution in [0.2, 0.25) is 0 Å². The van der Waals surface area contributed by atoms with E-state index in [2.05, 4.69) is 72.2 Å². The molecular weight excluding hydrogens is 456 g/mol. The average Bonchev–Trinajstić information content (AvgIpc) is 3.70. The van der Waals surface area contributed by atoms with E-state index in [0.717, 1.165) is 45.6 Å². The van der Waals surface area contributed by atoms with Crippen molar-refractivity contribution < 1.29 is 4.74 Å². The van der Waals surface area contributed by atoms with Gasteiger partial charge in [0.2, 0.25) is 0 Å². The highest BCUT2D eigenvalue weighted by Crippen LogP contribution is 2.37. The van der Waals surface area contributed by atoms with Crippen molar-refractivity contribution in [2.24, 2.45) is 0 Å². The first-order chi connectivity index (χ1) is 17.7. The molecule has 0 aliphatic carbocycles. The molecule has 1 fully saturated rings. The summed E-state index contributed by atoms with van der Waals surface area (Å²) in [6.07, 6.45) is 5.47. The number of fused-ring (bicyclic) bond motifs is 2. The van der Waals surface area contributed by atoms with Gasteiger partial charge in [0.05, 0.1) is 42.6 Å². The fourth-order valence-corrected chi connectivity index (χ4v) is 5.01. The number of anilines is 2. The molecule has 1 aliphatic rings. The smallest absolute Gasteiger partial charge is 0.169 e. The molecule has 1 atom stereocenters. The summed E-state index contributed by atoms with van der Waals surface area (Å²) in [6, 6.07) is 14.6. The first-order valence-corrected chi connectivity index (χ1v) is 11.8. The van der Waals surface area contributed by atoms with Gasteiger partial charge in [0.15, 0.2) is 17.3 Å². The van der Waals surface area contributed by atoms with Gasteiger partial charge < -0.3 is 19.9 Å². The number of nitrogens with zero attached hydrogens (tertiary/aromatic N) is 7. The Balaban J connectivity index is 1.45. The summed E-state index contributed by atoms with van der Waals surface area (Å²) in [6.45, 7) is 4.23. The summed E-state index contributed by atoms with van der Waals surface area (Å²) < 4.78 is 9.48. The van der Waals surface area contributed by atoms with Crippen molar-refractivity contribution >= 4 is 33.6 Å². The molecule has 1 aromatic carbocycles. The number of ether oxygens (including phenoxy) is 1. The SMILES string of the molecule is CC1COCCN1c1cc(-c2ccc3c(ccn3-c3ccn[nH]3)c2)c2c(N)nn(-c3ccn[nH]3)c2n1. The zero-order valence-electron chi connectivity index (χ0n) is 19.6. The highest BCUT2D eigenvalue weighted by atomic mass is 16.5. The highest BCUT2D eigenvalue weighted by molar-refractivity contribution is 6.03. The van der Waals surface area contributed by atoms with Gasteiger partial charge in [-0.25, -0.2) is 4.98 Å². The van der Waals surface area contributed by atoms with Crippen molar-refractivity contribution in [1.82, 2.24) is 39.7 Å². The van der Waals surface area contributed by atoms with E-state index in [0.29, 0.717) is 30.5 Å². The van der Waals surface area contributed by atoms with Crippen molar-refractivity contribution in [3.8, 4) is 22.8 Å². The maximum Gasteiger partial charge on any atom is 0.169 e. The number of nitrogens with two attached hydrogens (primary N) is 1. The summed E-state index contributed by atoms with van der Waals surface area (Å²) in [5.41, 5.74) is 10.3. The number of nitrogens with one attached hydrogen (secondary N) is 2. The summed E-state index contributed by atoms with van der Waals surface area (Å²) in [5, 5.41) is 20.7. The number of hydrogen-bond donors (Lipinski definition) is 3. The van der Waals surface area contributed by atoms with Crippen molar-refractivity contribution in [3.05, 3.63) is 61.1 Å². The monoisotopic (exact) mass is 480 g/mol. The second-order valence-electron chi connectivity index (χ2n) is 8.98. The van der Waals surface area contributed by atoms with Gasteiger partial charge in [-0.2, -0.15) is 14.9 Å². The Labute approximate surface area is 205 Å². The molecule has 11 heteroatoms. The van der Waals surface area contributed by atoms with Gasteiger partial charge in [-0.1, -0.05) is 6.07 Å².